The quantitative estimate of drug-likeness (QED) is 0.764. The predicted octanol–water partition coefficient (Wildman–Crippen LogP) is 3.01. The Labute approximate surface area is 166 Å². The standard InChI is InChI=1S/C20H25FN2O4S/c21-15-8-13(27-10-12-2-1-3-17(12)24)9-16-19(15)20(25)23-18(22-16)11-28-14-4-6-26-7-5-14/h8-9,12,14,17,24H,1-7,10-11H2,(H,22,23,25). The lowest BCUT2D eigenvalue weighted by Crippen LogP contribution is -2.20. The van der Waals surface area contributed by atoms with Crippen LogP contribution in [0, 0.1) is 11.7 Å². The van der Waals surface area contributed by atoms with Crippen LogP contribution in [0.4, 0.5) is 4.39 Å². The molecule has 28 heavy (non-hydrogen) atoms. The van der Waals surface area contributed by atoms with Crippen molar-refractivity contribution in [3.63, 3.8) is 0 Å². The molecule has 1 saturated carbocycles. The molecule has 6 nitrogen and oxygen atoms in total. The maximum atomic E-state index is 14.5. The summed E-state index contributed by atoms with van der Waals surface area (Å²) in [6.07, 6.45) is 4.28. The van der Waals surface area contributed by atoms with E-state index in [1.54, 1.807) is 17.8 Å². The molecule has 2 aliphatic rings. The second-order valence-electron chi connectivity index (χ2n) is 7.50. The van der Waals surface area contributed by atoms with E-state index < -0.39 is 11.4 Å². The molecule has 0 spiro atoms. The first-order chi connectivity index (χ1) is 13.6. The summed E-state index contributed by atoms with van der Waals surface area (Å²) in [6, 6.07) is 2.83. The van der Waals surface area contributed by atoms with E-state index in [9.17, 15) is 14.3 Å². The number of thioether (sulfide) groups is 1. The zero-order chi connectivity index (χ0) is 19.5. The van der Waals surface area contributed by atoms with Gasteiger partial charge in [0.1, 0.15) is 22.8 Å². The van der Waals surface area contributed by atoms with E-state index in [1.165, 1.54) is 6.07 Å². The Hall–Kier alpha value is -1.64. The molecule has 2 aromatic rings. The number of fused-ring (bicyclic) bond motifs is 1. The van der Waals surface area contributed by atoms with Crippen molar-refractivity contribution < 1.29 is 19.0 Å². The van der Waals surface area contributed by atoms with Gasteiger partial charge in [0, 0.05) is 36.5 Å². The molecule has 8 heteroatoms. The Bertz CT molecular complexity index is 884. The highest BCUT2D eigenvalue weighted by atomic mass is 32.2. The van der Waals surface area contributed by atoms with Crippen molar-refractivity contribution in [2.75, 3.05) is 19.8 Å². The van der Waals surface area contributed by atoms with Crippen molar-refractivity contribution in [1.29, 1.82) is 0 Å². The molecule has 2 fully saturated rings. The summed E-state index contributed by atoms with van der Waals surface area (Å²) in [4.78, 5) is 19.5. The van der Waals surface area contributed by atoms with Crippen LogP contribution in [-0.2, 0) is 10.5 Å². The number of halogens is 1. The van der Waals surface area contributed by atoms with Crippen LogP contribution in [0.25, 0.3) is 10.9 Å². The number of hydrogen-bond donors (Lipinski definition) is 2. The topological polar surface area (TPSA) is 84.4 Å². The molecule has 2 atom stereocenters. The van der Waals surface area contributed by atoms with Crippen LogP contribution in [0.2, 0.25) is 0 Å². The molecule has 1 aliphatic heterocycles. The summed E-state index contributed by atoms with van der Waals surface area (Å²) in [5.74, 6) is 0.868. The minimum Gasteiger partial charge on any atom is -0.493 e. The van der Waals surface area contributed by atoms with Gasteiger partial charge < -0.3 is 19.6 Å². The van der Waals surface area contributed by atoms with Gasteiger partial charge in [-0.3, -0.25) is 4.79 Å². The fourth-order valence-corrected chi connectivity index (χ4v) is 4.91. The largest absolute Gasteiger partial charge is 0.493 e. The lowest BCUT2D eigenvalue weighted by atomic mass is 10.1. The summed E-state index contributed by atoms with van der Waals surface area (Å²) in [5.41, 5.74) is -0.170. The summed E-state index contributed by atoms with van der Waals surface area (Å²) in [7, 11) is 0. The Kier molecular flexibility index (Phi) is 6.18. The number of benzene rings is 1. The summed E-state index contributed by atoms with van der Waals surface area (Å²) in [6.45, 7) is 1.86. The number of nitrogens with zero attached hydrogens (tertiary/aromatic N) is 1. The molecule has 1 aromatic carbocycles. The van der Waals surface area contributed by atoms with E-state index in [1.807, 2.05) is 0 Å². The van der Waals surface area contributed by atoms with Gasteiger partial charge in [-0.1, -0.05) is 6.42 Å². The average Bonchev–Trinajstić information content (AvgIpc) is 3.10. The van der Waals surface area contributed by atoms with Crippen LogP contribution in [0.1, 0.15) is 37.9 Å². The molecule has 0 amide bonds. The van der Waals surface area contributed by atoms with Crippen molar-refractivity contribution in [1.82, 2.24) is 9.97 Å². The number of ether oxygens (including phenoxy) is 2. The zero-order valence-corrected chi connectivity index (χ0v) is 16.5. The van der Waals surface area contributed by atoms with Crippen molar-refractivity contribution in [3.8, 4) is 5.75 Å². The first-order valence-electron chi connectivity index (χ1n) is 9.83. The molecule has 2 heterocycles. The van der Waals surface area contributed by atoms with Crippen molar-refractivity contribution in [2.24, 2.45) is 5.92 Å². The lowest BCUT2D eigenvalue weighted by Gasteiger charge is -2.21. The fraction of sp³-hybridized carbons (Fsp3) is 0.600. The highest BCUT2D eigenvalue weighted by molar-refractivity contribution is 7.99. The van der Waals surface area contributed by atoms with E-state index >= 15 is 0 Å². The number of H-pyrrole nitrogens is 1. The van der Waals surface area contributed by atoms with E-state index in [4.69, 9.17) is 9.47 Å². The van der Waals surface area contributed by atoms with Gasteiger partial charge in [0.25, 0.3) is 5.56 Å². The van der Waals surface area contributed by atoms with E-state index in [0.29, 0.717) is 34.7 Å². The highest BCUT2D eigenvalue weighted by Gasteiger charge is 2.26. The zero-order valence-electron chi connectivity index (χ0n) is 15.7. The molecular weight excluding hydrogens is 383 g/mol. The molecule has 2 N–H and O–H groups in total. The summed E-state index contributed by atoms with van der Waals surface area (Å²) in [5, 5.41) is 10.3. The number of aromatic amines is 1. The van der Waals surface area contributed by atoms with Crippen LogP contribution in [0.5, 0.6) is 5.75 Å². The van der Waals surface area contributed by atoms with Crippen LogP contribution in [-0.4, -0.2) is 46.2 Å². The van der Waals surface area contributed by atoms with Gasteiger partial charge in [0.05, 0.1) is 24.0 Å². The van der Waals surface area contributed by atoms with Crippen LogP contribution < -0.4 is 10.3 Å². The smallest absolute Gasteiger partial charge is 0.261 e. The lowest BCUT2D eigenvalue weighted by molar-refractivity contribution is 0.0985. The van der Waals surface area contributed by atoms with Crippen LogP contribution in [0.3, 0.4) is 0 Å². The second-order valence-corrected chi connectivity index (χ2v) is 8.79. The molecular formula is C20H25FN2O4S. The number of aromatic nitrogens is 2. The highest BCUT2D eigenvalue weighted by Crippen LogP contribution is 2.28. The van der Waals surface area contributed by atoms with Crippen molar-refractivity contribution >= 4 is 22.7 Å². The number of rotatable bonds is 6. The number of aliphatic hydroxyl groups is 1. The van der Waals surface area contributed by atoms with Gasteiger partial charge in [-0.15, -0.1) is 0 Å². The first-order valence-corrected chi connectivity index (χ1v) is 10.9. The van der Waals surface area contributed by atoms with E-state index in [2.05, 4.69) is 9.97 Å². The average molecular weight is 408 g/mol. The number of hydrogen-bond acceptors (Lipinski definition) is 6. The molecule has 1 aromatic heterocycles. The number of aliphatic hydroxyl groups excluding tert-OH is 1. The minimum atomic E-state index is -0.642. The molecule has 152 valence electrons. The molecule has 1 aliphatic carbocycles. The first kappa shape index (κ1) is 19.7. The summed E-state index contributed by atoms with van der Waals surface area (Å²) >= 11 is 1.74. The maximum Gasteiger partial charge on any atom is 0.261 e. The third-order valence-electron chi connectivity index (χ3n) is 5.49. The Balaban J connectivity index is 1.50. The molecule has 4 rings (SSSR count). The minimum absolute atomic E-state index is 0.0481. The van der Waals surface area contributed by atoms with Crippen LogP contribution >= 0.6 is 11.8 Å². The van der Waals surface area contributed by atoms with Gasteiger partial charge in [0.15, 0.2) is 0 Å². The Morgan fingerprint density at radius 1 is 1.29 bits per heavy atom. The van der Waals surface area contributed by atoms with Gasteiger partial charge in [-0.05, 0) is 25.7 Å². The monoisotopic (exact) mass is 408 g/mol. The number of nitrogens with one attached hydrogen (secondary N) is 1. The molecule has 1 saturated heterocycles. The van der Waals surface area contributed by atoms with Crippen molar-refractivity contribution in [3.05, 3.63) is 34.1 Å². The van der Waals surface area contributed by atoms with E-state index in [-0.39, 0.29) is 17.4 Å². The van der Waals surface area contributed by atoms with Gasteiger partial charge in [0.2, 0.25) is 0 Å². The Morgan fingerprint density at radius 2 is 2.11 bits per heavy atom. The molecule has 2 unspecified atom stereocenters. The van der Waals surface area contributed by atoms with Gasteiger partial charge in [-0.2, -0.15) is 11.8 Å². The summed E-state index contributed by atoms with van der Waals surface area (Å²) < 4.78 is 25.6. The molecule has 0 bridgehead atoms. The normalized spacial score (nSPS) is 23.4. The second kappa shape index (κ2) is 8.80. The molecule has 0 radical (unpaired) electrons. The third kappa shape index (κ3) is 4.50. The third-order valence-corrected chi connectivity index (χ3v) is 6.87. The fourth-order valence-electron chi connectivity index (χ4n) is 3.85. The Morgan fingerprint density at radius 3 is 2.86 bits per heavy atom. The SMILES string of the molecule is O=c1[nH]c(CSC2CCOCC2)nc2cc(OCC3CCCC3O)cc(F)c12. The predicted molar refractivity (Wildman–Crippen MR) is 106 cm³/mol. The van der Waals surface area contributed by atoms with Crippen LogP contribution in [0.15, 0.2) is 16.9 Å². The van der Waals surface area contributed by atoms with Gasteiger partial charge >= 0.3 is 0 Å². The van der Waals surface area contributed by atoms with E-state index in [0.717, 1.165) is 45.3 Å². The maximum absolute atomic E-state index is 14.5. The van der Waals surface area contributed by atoms with Crippen molar-refractivity contribution in [2.45, 2.75) is 49.2 Å². The van der Waals surface area contributed by atoms with Gasteiger partial charge in [-0.25, -0.2) is 9.37 Å².